The third-order valence-electron chi connectivity index (χ3n) is 3.92. The van der Waals surface area contributed by atoms with E-state index in [0.717, 1.165) is 18.8 Å². The van der Waals surface area contributed by atoms with Crippen molar-refractivity contribution in [3.8, 4) is 5.75 Å². The average Bonchev–Trinajstić information content (AvgIpc) is 2.59. The van der Waals surface area contributed by atoms with E-state index >= 15 is 0 Å². The van der Waals surface area contributed by atoms with Crippen LogP contribution in [0.3, 0.4) is 0 Å². The number of anilines is 1. The zero-order chi connectivity index (χ0) is 19.4. The normalized spacial score (nSPS) is 12.7. The lowest BCUT2D eigenvalue weighted by atomic mass is 10.1. The predicted molar refractivity (Wildman–Crippen MR) is 108 cm³/mol. The highest BCUT2D eigenvalue weighted by Crippen LogP contribution is 2.17. The number of unbranched alkanes of at least 4 members (excludes halogenated alkanes) is 5. The number of carbonyl (C=O) groups is 1. The molecule has 0 saturated carbocycles. The largest absolute Gasteiger partial charge is 0.494 e. The van der Waals surface area contributed by atoms with Gasteiger partial charge in [0.2, 0.25) is 5.91 Å². The van der Waals surface area contributed by atoms with Gasteiger partial charge in [0.25, 0.3) is 0 Å². The molecule has 1 amide bonds. The minimum atomic E-state index is -0.696. The quantitative estimate of drug-likeness (QED) is 0.535. The second kappa shape index (κ2) is 11.9. The number of nitrogens with one attached hydrogen (secondary N) is 1. The molecule has 26 heavy (non-hydrogen) atoms. The zero-order valence-electron chi connectivity index (χ0n) is 16.8. The number of ether oxygens (including phenoxy) is 2. The fourth-order valence-electron chi connectivity index (χ4n) is 2.36. The van der Waals surface area contributed by atoms with Gasteiger partial charge < -0.3 is 20.5 Å². The number of amides is 1. The second-order valence-electron chi connectivity index (χ2n) is 7.66. The minimum Gasteiger partial charge on any atom is -0.494 e. The summed E-state index contributed by atoms with van der Waals surface area (Å²) in [5.74, 6) is 0.562. The summed E-state index contributed by atoms with van der Waals surface area (Å²) in [6.07, 6.45) is 7.47. The number of rotatable bonds is 12. The molecule has 1 unspecified atom stereocenters. The Balaban J connectivity index is 2.28. The van der Waals surface area contributed by atoms with Crippen LogP contribution in [0.25, 0.3) is 0 Å². The van der Waals surface area contributed by atoms with E-state index in [1.54, 1.807) is 0 Å². The first-order valence-electron chi connectivity index (χ1n) is 9.75. The lowest BCUT2D eigenvalue weighted by Crippen LogP contribution is -2.41. The van der Waals surface area contributed by atoms with Gasteiger partial charge in [-0.1, -0.05) is 39.0 Å². The Kier molecular flexibility index (Phi) is 10.3. The molecule has 0 bridgehead atoms. The molecule has 148 valence electrons. The molecule has 0 radical (unpaired) electrons. The van der Waals surface area contributed by atoms with Crippen LogP contribution in [0.1, 0.15) is 66.2 Å². The molecular formula is C21H36N2O3. The fraction of sp³-hybridized carbons (Fsp3) is 0.667. The highest BCUT2D eigenvalue weighted by molar-refractivity contribution is 5.94. The van der Waals surface area contributed by atoms with E-state index in [1.165, 1.54) is 32.1 Å². The summed E-state index contributed by atoms with van der Waals surface area (Å²) in [5.41, 5.74) is 6.25. The Labute approximate surface area is 158 Å². The Bertz CT molecular complexity index is 509. The van der Waals surface area contributed by atoms with Crippen LogP contribution in [0.2, 0.25) is 0 Å². The van der Waals surface area contributed by atoms with E-state index in [1.807, 2.05) is 45.0 Å². The molecule has 5 heteroatoms. The SMILES string of the molecule is CCCCCCCCOc1ccc(NC(=O)C(N)COC(C)(C)C)cc1. The lowest BCUT2D eigenvalue weighted by Gasteiger charge is -2.22. The van der Waals surface area contributed by atoms with Crippen LogP contribution < -0.4 is 15.8 Å². The summed E-state index contributed by atoms with van der Waals surface area (Å²) in [7, 11) is 0. The predicted octanol–water partition coefficient (Wildman–Crippen LogP) is 4.51. The summed E-state index contributed by atoms with van der Waals surface area (Å²) < 4.78 is 11.3. The molecular weight excluding hydrogens is 328 g/mol. The summed E-state index contributed by atoms with van der Waals surface area (Å²) in [6, 6.07) is 6.68. The van der Waals surface area contributed by atoms with E-state index in [-0.39, 0.29) is 18.1 Å². The van der Waals surface area contributed by atoms with Gasteiger partial charge in [-0.15, -0.1) is 0 Å². The standard InChI is InChI=1S/C21H36N2O3/c1-5-6-7-8-9-10-15-25-18-13-11-17(12-14-18)23-20(24)19(22)16-26-21(2,3)4/h11-14,19H,5-10,15-16,22H2,1-4H3,(H,23,24). The molecule has 1 atom stereocenters. The van der Waals surface area contributed by atoms with Gasteiger partial charge in [-0.3, -0.25) is 4.79 Å². The molecule has 0 heterocycles. The van der Waals surface area contributed by atoms with Gasteiger partial charge in [-0.05, 0) is 51.5 Å². The monoisotopic (exact) mass is 364 g/mol. The molecule has 5 nitrogen and oxygen atoms in total. The fourth-order valence-corrected chi connectivity index (χ4v) is 2.36. The summed E-state index contributed by atoms with van der Waals surface area (Å²) in [6.45, 7) is 8.94. The third kappa shape index (κ3) is 10.4. The maximum atomic E-state index is 12.1. The van der Waals surface area contributed by atoms with Gasteiger partial charge in [-0.25, -0.2) is 0 Å². The first-order chi connectivity index (χ1) is 12.3. The molecule has 1 rings (SSSR count). The van der Waals surface area contributed by atoms with Crippen LogP contribution in [0.4, 0.5) is 5.69 Å². The summed E-state index contributed by atoms with van der Waals surface area (Å²) in [5, 5.41) is 2.80. The zero-order valence-corrected chi connectivity index (χ0v) is 16.8. The van der Waals surface area contributed by atoms with Gasteiger partial charge >= 0.3 is 0 Å². The van der Waals surface area contributed by atoms with Crippen LogP contribution in [0.5, 0.6) is 5.75 Å². The molecule has 3 N–H and O–H groups in total. The molecule has 0 spiro atoms. The number of nitrogens with two attached hydrogens (primary N) is 1. The van der Waals surface area contributed by atoms with Gasteiger partial charge in [-0.2, -0.15) is 0 Å². The van der Waals surface area contributed by atoms with Crippen molar-refractivity contribution < 1.29 is 14.3 Å². The van der Waals surface area contributed by atoms with Crippen molar-refractivity contribution in [2.75, 3.05) is 18.5 Å². The Morgan fingerprint density at radius 2 is 1.69 bits per heavy atom. The smallest absolute Gasteiger partial charge is 0.243 e. The topological polar surface area (TPSA) is 73.6 Å². The number of hydrogen-bond donors (Lipinski definition) is 2. The van der Waals surface area contributed by atoms with E-state index in [0.29, 0.717) is 5.69 Å². The van der Waals surface area contributed by atoms with Crippen LogP contribution >= 0.6 is 0 Å². The highest BCUT2D eigenvalue weighted by atomic mass is 16.5. The van der Waals surface area contributed by atoms with Crippen molar-refractivity contribution in [1.29, 1.82) is 0 Å². The molecule has 1 aromatic rings. The van der Waals surface area contributed by atoms with E-state index < -0.39 is 6.04 Å². The van der Waals surface area contributed by atoms with E-state index in [4.69, 9.17) is 15.2 Å². The average molecular weight is 365 g/mol. The van der Waals surface area contributed by atoms with Crippen molar-refractivity contribution in [1.82, 2.24) is 0 Å². The molecule has 0 aliphatic rings. The van der Waals surface area contributed by atoms with Crippen LogP contribution in [0.15, 0.2) is 24.3 Å². The summed E-state index contributed by atoms with van der Waals surface area (Å²) in [4.78, 5) is 12.1. The molecule has 0 saturated heterocycles. The minimum absolute atomic E-state index is 0.189. The van der Waals surface area contributed by atoms with Gasteiger partial charge in [0.05, 0.1) is 18.8 Å². The van der Waals surface area contributed by atoms with E-state index in [2.05, 4.69) is 12.2 Å². The van der Waals surface area contributed by atoms with Crippen LogP contribution in [0, 0.1) is 0 Å². The first-order valence-corrected chi connectivity index (χ1v) is 9.75. The first kappa shape index (κ1) is 22.5. The maximum absolute atomic E-state index is 12.1. The van der Waals surface area contributed by atoms with Crippen molar-refractivity contribution in [2.45, 2.75) is 77.9 Å². The van der Waals surface area contributed by atoms with Crippen molar-refractivity contribution >= 4 is 11.6 Å². The Morgan fingerprint density at radius 1 is 1.08 bits per heavy atom. The highest BCUT2D eigenvalue weighted by Gasteiger charge is 2.18. The van der Waals surface area contributed by atoms with E-state index in [9.17, 15) is 4.79 Å². The number of hydrogen-bond acceptors (Lipinski definition) is 4. The number of benzene rings is 1. The lowest BCUT2D eigenvalue weighted by molar-refractivity contribution is -0.120. The number of carbonyl (C=O) groups excluding carboxylic acids is 1. The molecule has 0 aliphatic heterocycles. The van der Waals surface area contributed by atoms with Crippen molar-refractivity contribution in [2.24, 2.45) is 5.73 Å². The van der Waals surface area contributed by atoms with Crippen molar-refractivity contribution in [3.05, 3.63) is 24.3 Å². The molecule has 0 aliphatic carbocycles. The van der Waals surface area contributed by atoms with Gasteiger partial charge in [0.1, 0.15) is 11.8 Å². The Morgan fingerprint density at radius 3 is 2.31 bits per heavy atom. The third-order valence-corrected chi connectivity index (χ3v) is 3.92. The van der Waals surface area contributed by atoms with Gasteiger partial charge in [0, 0.05) is 5.69 Å². The molecule has 0 aromatic heterocycles. The summed E-state index contributed by atoms with van der Waals surface area (Å²) >= 11 is 0. The Hall–Kier alpha value is -1.59. The van der Waals surface area contributed by atoms with Crippen molar-refractivity contribution in [3.63, 3.8) is 0 Å². The molecule has 0 fully saturated rings. The van der Waals surface area contributed by atoms with Crippen LogP contribution in [-0.4, -0.2) is 30.8 Å². The molecule has 1 aromatic carbocycles. The van der Waals surface area contributed by atoms with Gasteiger partial charge in [0.15, 0.2) is 0 Å². The van der Waals surface area contributed by atoms with Crippen LogP contribution in [-0.2, 0) is 9.53 Å². The second-order valence-corrected chi connectivity index (χ2v) is 7.66. The maximum Gasteiger partial charge on any atom is 0.243 e.